The van der Waals surface area contributed by atoms with Gasteiger partial charge in [0.15, 0.2) is 11.5 Å². The molecule has 7 nitrogen and oxygen atoms in total. The lowest BCUT2D eigenvalue weighted by molar-refractivity contribution is 0.00695. The molecule has 0 N–H and O–H groups in total. The minimum Gasteiger partial charge on any atom is -0.493 e. The normalized spacial score (nSPS) is 11.2. The molecule has 1 heterocycles. The summed E-state index contributed by atoms with van der Waals surface area (Å²) in [7, 11) is 1.62. The molecule has 3 aromatic rings. The van der Waals surface area contributed by atoms with Gasteiger partial charge in [-0.25, -0.2) is 14.8 Å². The van der Waals surface area contributed by atoms with E-state index < -0.39 is 5.60 Å². The lowest BCUT2D eigenvalue weighted by atomic mass is 10.1. The Kier molecular flexibility index (Phi) is 7.53. The van der Waals surface area contributed by atoms with Crippen LogP contribution in [0, 0.1) is 0 Å². The van der Waals surface area contributed by atoms with Gasteiger partial charge in [0.2, 0.25) is 0 Å². The minimum atomic E-state index is -0.551. The Morgan fingerprint density at radius 3 is 2.18 bits per heavy atom. The summed E-state index contributed by atoms with van der Waals surface area (Å²) in [4.78, 5) is 22.8. The van der Waals surface area contributed by atoms with Crippen LogP contribution in [0.1, 0.15) is 50.5 Å². The Morgan fingerprint density at radius 2 is 1.61 bits per heavy atom. The fourth-order valence-electron chi connectivity index (χ4n) is 3.22. The molecule has 0 amide bonds. The number of rotatable bonds is 8. The summed E-state index contributed by atoms with van der Waals surface area (Å²) < 4.78 is 16.9. The number of hydrogen-bond donors (Lipinski definition) is 0. The first-order valence-electron chi connectivity index (χ1n) is 10.9. The number of hydrogen-bond acceptors (Lipinski definition) is 7. The van der Waals surface area contributed by atoms with Gasteiger partial charge in [-0.05, 0) is 71.0 Å². The van der Waals surface area contributed by atoms with E-state index in [0.717, 1.165) is 16.9 Å². The third kappa shape index (κ3) is 6.68. The van der Waals surface area contributed by atoms with Gasteiger partial charge in [0.1, 0.15) is 11.9 Å². The summed E-state index contributed by atoms with van der Waals surface area (Å²) in [6.45, 7) is 10.0. The molecule has 0 spiro atoms. The van der Waals surface area contributed by atoms with Gasteiger partial charge in [-0.1, -0.05) is 0 Å². The zero-order valence-electron chi connectivity index (χ0n) is 20.0. The Balaban J connectivity index is 1.98. The van der Waals surface area contributed by atoms with Crippen molar-refractivity contribution in [2.75, 3.05) is 12.0 Å². The van der Waals surface area contributed by atoms with E-state index in [0.29, 0.717) is 23.6 Å². The Bertz CT molecular complexity index is 1060. The molecule has 0 aliphatic carbocycles. The molecule has 0 fully saturated rings. The minimum absolute atomic E-state index is 0.00163. The molecule has 33 heavy (non-hydrogen) atoms. The van der Waals surface area contributed by atoms with Crippen LogP contribution in [0.25, 0.3) is 0 Å². The highest BCUT2D eigenvalue weighted by Crippen LogP contribution is 2.36. The Hall–Kier alpha value is -3.61. The number of methoxy groups -OCH3 is 1. The van der Waals surface area contributed by atoms with Crippen LogP contribution in [-0.2, 0) is 11.3 Å². The second kappa shape index (κ2) is 10.3. The van der Waals surface area contributed by atoms with Crippen molar-refractivity contribution < 1.29 is 19.0 Å². The second-order valence-corrected chi connectivity index (χ2v) is 8.88. The Labute approximate surface area is 195 Å². The predicted octanol–water partition coefficient (Wildman–Crippen LogP) is 5.57. The van der Waals surface area contributed by atoms with Crippen LogP contribution >= 0.6 is 0 Å². The SMILES string of the molecule is COc1ccc(N(Cc2cncnc2)c2ccc(C(=O)OC(C)(C)C)cc2)cc1OC(C)C. The first kappa shape index (κ1) is 24.0. The fraction of sp³-hybridized carbons (Fsp3) is 0.346. The molecule has 174 valence electrons. The number of carbonyl (C=O) groups is 1. The van der Waals surface area contributed by atoms with E-state index in [1.54, 1.807) is 31.6 Å². The molecular formula is C26H31N3O4. The molecule has 0 atom stereocenters. The maximum atomic E-state index is 12.4. The maximum absolute atomic E-state index is 12.4. The number of carbonyl (C=O) groups excluding carboxylic acids is 1. The van der Waals surface area contributed by atoms with E-state index in [-0.39, 0.29) is 12.1 Å². The van der Waals surface area contributed by atoms with Crippen molar-refractivity contribution in [3.63, 3.8) is 0 Å². The Morgan fingerprint density at radius 1 is 0.970 bits per heavy atom. The standard InChI is InChI=1S/C26H31N3O4/c1-18(2)32-24-13-22(11-12-23(24)31-6)29(16-19-14-27-17-28-15-19)21-9-7-20(8-10-21)25(30)33-26(3,4)5/h7-15,17-18H,16H2,1-6H3. The summed E-state index contributed by atoms with van der Waals surface area (Å²) in [5, 5.41) is 0. The van der Waals surface area contributed by atoms with Crippen molar-refractivity contribution in [1.82, 2.24) is 9.97 Å². The molecule has 0 saturated carbocycles. The largest absolute Gasteiger partial charge is 0.493 e. The summed E-state index contributed by atoms with van der Waals surface area (Å²) in [6, 6.07) is 13.1. The van der Waals surface area contributed by atoms with Crippen LogP contribution in [0.3, 0.4) is 0 Å². The van der Waals surface area contributed by atoms with Gasteiger partial charge < -0.3 is 19.1 Å². The van der Waals surface area contributed by atoms with Crippen molar-refractivity contribution in [2.45, 2.75) is 52.9 Å². The van der Waals surface area contributed by atoms with E-state index in [4.69, 9.17) is 14.2 Å². The fourth-order valence-corrected chi connectivity index (χ4v) is 3.22. The van der Waals surface area contributed by atoms with E-state index >= 15 is 0 Å². The number of ether oxygens (including phenoxy) is 3. The molecule has 0 radical (unpaired) electrons. The maximum Gasteiger partial charge on any atom is 0.338 e. The summed E-state index contributed by atoms with van der Waals surface area (Å²) >= 11 is 0. The van der Waals surface area contributed by atoms with Crippen molar-refractivity contribution in [3.05, 3.63) is 72.3 Å². The highest BCUT2D eigenvalue weighted by Gasteiger charge is 2.19. The van der Waals surface area contributed by atoms with Crippen LogP contribution in [0.2, 0.25) is 0 Å². The zero-order chi connectivity index (χ0) is 24.0. The molecule has 0 aliphatic heterocycles. The molecule has 0 bridgehead atoms. The van der Waals surface area contributed by atoms with Gasteiger partial charge >= 0.3 is 5.97 Å². The van der Waals surface area contributed by atoms with Crippen molar-refractivity contribution >= 4 is 17.3 Å². The van der Waals surface area contributed by atoms with E-state index in [1.165, 1.54) is 6.33 Å². The highest BCUT2D eigenvalue weighted by molar-refractivity contribution is 5.90. The lowest BCUT2D eigenvalue weighted by Gasteiger charge is -2.26. The van der Waals surface area contributed by atoms with Gasteiger partial charge in [-0.2, -0.15) is 0 Å². The predicted molar refractivity (Wildman–Crippen MR) is 128 cm³/mol. The average Bonchev–Trinajstić information content (AvgIpc) is 2.77. The van der Waals surface area contributed by atoms with Crippen LogP contribution in [0.5, 0.6) is 11.5 Å². The first-order valence-corrected chi connectivity index (χ1v) is 10.9. The van der Waals surface area contributed by atoms with Crippen molar-refractivity contribution in [2.24, 2.45) is 0 Å². The van der Waals surface area contributed by atoms with Crippen molar-refractivity contribution in [1.29, 1.82) is 0 Å². The number of benzene rings is 2. The van der Waals surface area contributed by atoms with Crippen LogP contribution in [-0.4, -0.2) is 34.8 Å². The quantitative estimate of drug-likeness (QED) is 0.416. The van der Waals surface area contributed by atoms with E-state index in [1.807, 2.05) is 65.0 Å². The van der Waals surface area contributed by atoms with Gasteiger partial charge in [-0.15, -0.1) is 0 Å². The van der Waals surface area contributed by atoms with Gasteiger partial charge in [0, 0.05) is 35.4 Å². The number of esters is 1. The number of aromatic nitrogens is 2. The molecule has 0 saturated heterocycles. The zero-order valence-corrected chi connectivity index (χ0v) is 20.0. The van der Waals surface area contributed by atoms with Crippen molar-refractivity contribution in [3.8, 4) is 11.5 Å². The molecule has 0 aliphatic rings. The van der Waals surface area contributed by atoms with E-state index in [2.05, 4.69) is 14.9 Å². The van der Waals surface area contributed by atoms with E-state index in [9.17, 15) is 4.79 Å². The topological polar surface area (TPSA) is 73.8 Å². The number of anilines is 2. The molecule has 7 heteroatoms. The average molecular weight is 450 g/mol. The lowest BCUT2D eigenvalue weighted by Crippen LogP contribution is -2.24. The van der Waals surface area contributed by atoms with Gasteiger partial charge in [0.25, 0.3) is 0 Å². The van der Waals surface area contributed by atoms with Crippen LogP contribution < -0.4 is 14.4 Å². The second-order valence-electron chi connectivity index (χ2n) is 8.88. The third-order valence-corrected chi connectivity index (χ3v) is 4.59. The van der Waals surface area contributed by atoms with Gasteiger partial charge in [0.05, 0.1) is 25.3 Å². The molecular weight excluding hydrogens is 418 g/mol. The molecule has 1 aromatic heterocycles. The summed E-state index contributed by atoms with van der Waals surface area (Å²) in [6.07, 6.45) is 5.07. The number of nitrogens with zero attached hydrogens (tertiary/aromatic N) is 3. The summed E-state index contributed by atoms with van der Waals surface area (Å²) in [5.74, 6) is 0.967. The van der Waals surface area contributed by atoms with Crippen LogP contribution in [0.15, 0.2) is 61.2 Å². The smallest absolute Gasteiger partial charge is 0.338 e. The highest BCUT2D eigenvalue weighted by atomic mass is 16.6. The van der Waals surface area contributed by atoms with Crippen LogP contribution in [0.4, 0.5) is 11.4 Å². The first-order chi connectivity index (χ1) is 15.7. The monoisotopic (exact) mass is 449 g/mol. The molecule has 0 unspecified atom stereocenters. The molecule has 3 rings (SSSR count). The third-order valence-electron chi connectivity index (χ3n) is 4.59. The summed E-state index contributed by atoms with van der Waals surface area (Å²) in [5.41, 5.74) is 2.68. The molecule has 2 aromatic carbocycles. The van der Waals surface area contributed by atoms with Gasteiger partial charge in [-0.3, -0.25) is 0 Å².